The topological polar surface area (TPSA) is 63.1 Å². The van der Waals surface area contributed by atoms with Crippen LogP contribution < -0.4 is 10.6 Å². The van der Waals surface area contributed by atoms with Gasteiger partial charge in [0, 0.05) is 23.8 Å². The molecule has 1 aromatic heterocycles. The fourth-order valence-electron chi connectivity index (χ4n) is 3.84. The second kappa shape index (κ2) is 8.41. The van der Waals surface area contributed by atoms with Crippen LogP contribution in [0.1, 0.15) is 22.3 Å². The number of hydrogen-bond acceptors (Lipinski definition) is 4. The Labute approximate surface area is 187 Å². The predicted molar refractivity (Wildman–Crippen MR) is 128 cm³/mol. The molecule has 0 fully saturated rings. The minimum atomic E-state index is -3.83. The van der Waals surface area contributed by atoms with Gasteiger partial charge in [-0.2, -0.15) is 0 Å². The second-order valence-corrected chi connectivity index (χ2v) is 9.88. The van der Waals surface area contributed by atoms with Crippen LogP contribution in [-0.2, 0) is 16.6 Å². The van der Waals surface area contributed by atoms with Crippen molar-refractivity contribution in [1.82, 2.24) is 9.29 Å². The largest absolute Gasteiger partial charge is 0.353 e. The van der Waals surface area contributed by atoms with Crippen molar-refractivity contribution in [2.75, 3.05) is 12.4 Å². The summed E-state index contributed by atoms with van der Waals surface area (Å²) >= 11 is 0. The number of hydrogen-bond donors (Lipinski definition) is 2. The number of nitrogens with zero attached hydrogens (tertiary/aromatic N) is 1. The molecule has 0 amide bonds. The minimum absolute atomic E-state index is 0.272. The van der Waals surface area contributed by atoms with E-state index < -0.39 is 10.0 Å². The number of benzene rings is 3. The first-order valence-electron chi connectivity index (χ1n) is 10.4. The summed E-state index contributed by atoms with van der Waals surface area (Å²) in [6, 6.07) is 15.8. The molecule has 0 spiro atoms. The van der Waals surface area contributed by atoms with E-state index in [1.165, 1.54) is 10.0 Å². The first-order valence-corrected chi connectivity index (χ1v) is 11.8. The smallest absolute Gasteiger partial charge is 0.268 e. The lowest BCUT2D eigenvalue weighted by molar-refractivity contribution is 0.588. The van der Waals surface area contributed by atoms with Crippen LogP contribution in [0.15, 0.2) is 65.7 Å². The van der Waals surface area contributed by atoms with Gasteiger partial charge in [-0.3, -0.25) is 0 Å². The highest BCUT2D eigenvalue weighted by Gasteiger charge is 2.23. The van der Waals surface area contributed by atoms with Gasteiger partial charge in [-0.25, -0.2) is 16.8 Å². The fourth-order valence-corrected chi connectivity index (χ4v) is 5.54. The number of aromatic nitrogens is 1. The molecule has 166 valence electrons. The molecule has 0 aliphatic heterocycles. The van der Waals surface area contributed by atoms with Crippen molar-refractivity contribution in [3.05, 3.63) is 88.9 Å². The van der Waals surface area contributed by atoms with Gasteiger partial charge in [0.1, 0.15) is 5.82 Å². The molecule has 0 saturated heterocycles. The summed E-state index contributed by atoms with van der Waals surface area (Å²) < 4.78 is 43.0. The predicted octanol–water partition coefficient (Wildman–Crippen LogP) is 5.41. The van der Waals surface area contributed by atoms with E-state index in [4.69, 9.17) is 0 Å². The Kier molecular flexibility index (Phi) is 5.79. The molecule has 0 atom stereocenters. The number of aryl methyl sites for hydroxylation is 3. The van der Waals surface area contributed by atoms with Gasteiger partial charge < -0.3 is 10.6 Å². The number of halogens is 1. The third-order valence-electron chi connectivity index (χ3n) is 5.51. The zero-order chi connectivity index (χ0) is 23.0. The average Bonchev–Trinajstić information content (AvgIpc) is 3.11. The summed E-state index contributed by atoms with van der Waals surface area (Å²) in [6.07, 6.45) is 1.66. The molecule has 4 rings (SSSR count). The van der Waals surface area contributed by atoms with Crippen LogP contribution in [0.3, 0.4) is 0 Å². The third kappa shape index (κ3) is 4.01. The Morgan fingerprint density at radius 2 is 1.66 bits per heavy atom. The number of anilines is 2. The van der Waals surface area contributed by atoms with E-state index in [1.54, 1.807) is 31.3 Å². The van der Waals surface area contributed by atoms with E-state index in [0.29, 0.717) is 29.0 Å². The molecule has 0 bridgehead atoms. The summed E-state index contributed by atoms with van der Waals surface area (Å²) in [5, 5.41) is 6.99. The van der Waals surface area contributed by atoms with Crippen molar-refractivity contribution in [3.63, 3.8) is 0 Å². The molecule has 0 saturated carbocycles. The SMILES string of the molecule is CNCc1cn(S(=O)(=O)c2cc(C)ccc2C)c2cc(Nc3ccc(C)cc3F)ccc12. The Hall–Kier alpha value is -3.16. The van der Waals surface area contributed by atoms with Crippen LogP contribution in [0.5, 0.6) is 0 Å². The van der Waals surface area contributed by atoms with Gasteiger partial charge >= 0.3 is 0 Å². The lowest BCUT2D eigenvalue weighted by atomic mass is 10.1. The van der Waals surface area contributed by atoms with Crippen LogP contribution in [0.4, 0.5) is 15.8 Å². The summed E-state index contributed by atoms with van der Waals surface area (Å²) in [5.74, 6) is -0.362. The maximum absolute atomic E-state index is 14.4. The van der Waals surface area contributed by atoms with Crippen molar-refractivity contribution in [2.45, 2.75) is 32.2 Å². The van der Waals surface area contributed by atoms with Crippen LogP contribution in [0, 0.1) is 26.6 Å². The summed E-state index contributed by atoms with van der Waals surface area (Å²) in [6.45, 7) is 6.01. The fraction of sp³-hybridized carbons (Fsp3) is 0.200. The van der Waals surface area contributed by atoms with E-state index >= 15 is 0 Å². The lowest BCUT2D eigenvalue weighted by Crippen LogP contribution is -2.14. The third-order valence-corrected chi connectivity index (χ3v) is 7.32. The molecule has 3 aromatic carbocycles. The van der Waals surface area contributed by atoms with Crippen LogP contribution >= 0.6 is 0 Å². The van der Waals surface area contributed by atoms with Crippen molar-refractivity contribution < 1.29 is 12.8 Å². The molecule has 32 heavy (non-hydrogen) atoms. The minimum Gasteiger partial charge on any atom is -0.353 e. The van der Waals surface area contributed by atoms with Gasteiger partial charge in [-0.1, -0.05) is 24.3 Å². The number of rotatable bonds is 6. The highest BCUT2D eigenvalue weighted by molar-refractivity contribution is 7.90. The standard InChI is InChI=1S/C25H26FN3O2S/c1-16-6-10-23(22(26)11-16)28-20-8-9-21-19(14-27-4)15-29(24(21)13-20)32(30,31)25-12-17(2)5-7-18(25)3/h5-13,15,27-28H,14H2,1-4H3. The van der Waals surface area contributed by atoms with Crippen LogP contribution in [0.25, 0.3) is 10.9 Å². The highest BCUT2D eigenvalue weighted by atomic mass is 32.2. The number of nitrogens with one attached hydrogen (secondary N) is 2. The summed E-state index contributed by atoms with van der Waals surface area (Å²) in [5.41, 5.74) is 4.72. The molecule has 0 aliphatic carbocycles. The van der Waals surface area contributed by atoms with E-state index in [1.807, 2.05) is 51.2 Å². The second-order valence-electron chi connectivity index (χ2n) is 8.09. The van der Waals surface area contributed by atoms with E-state index in [-0.39, 0.29) is 10.7 Å². The Morgan fingerprint density at radius 1 is 0.938 bits per heavy atom. The molecule has 2 N–H and O–H groups in total. The molecule has 0 radical (unpaired) electrons. The quantitative estimate of drug-likeness (QED) is 0.412. The Bertz CT molecular complexity index is 1420. The van der Waals surface area contributed by atoms with E-state index in [0.717, 1.165) is 22.1 Å². The molecule has 4 aromatic rings. The first kappa shape index (κ1) is 22.0. The lowest BCUT2D eigenvalue weighted by Gasteiger charge is -2.12. The average molecular weight is 452 g/mol. The van der Waals surface area contributed by atoms with Crippen molar-refractivity contribution >= 4 is 32.3 Å². The molecular formula is C25H26FN3O2S. The molecule has 1 heterocycles. The molecular weight excluding hydrogens is 425 g/mol. The first-order chi connectivity index (χ1) is 15.2. The van der Waals surface area contributed by atoms with Gasteiger partial charge in [0.05, 0.1) is 16.1 Å². The van der Waals surface area contributed by atoms with E-state index in [2.05, 4.69) is 10.6 Å². The number of fused-ring (bicyclic) bond motifs is 1. The Balaban J connectivity index is 1.88. The molecule has 0 unspecified atom stereocenters. The highest BCUT2D eigenvalue weighted by Crippen LogP contribution is 2.31. The van der Waals surface area contributed by atoms with Crippen LogP contribution in [0.2, 0.25) is 0 Å². The summed E-state index contributed by atoms with van der Waals surface area (Å²) in [7, 11) is -2.01. The zero-order valence-electron chi connectivity index (χ0n) is 18.5. The molecule has 7 heteroatoms. The van der Waals surface area contributed by atoms with Gasteiger partial charge in [0.25, 0.3) is 10.0 Å². The zero-order valence-corrected chi connectivity index (χ0v) is 19.3. The molecule has 0 aliphatic rings. The van der Waals surface area contributed by atoms with Gasteiger partial charge in [0.15, 0.2) is 0 Å². The monoisotopic (exact) mass is 451 g/mol. The maximum atomic E-state index is 14.4. The van der Waals surface area contributed by atoms with Gasteiger partial charge in [-0.05, 0) is 80.4 Å². The van der Waals surface area contributed by atoms with Crippen molar-refractivity contribution in [2.24, 2.45) is 0 Å². The maximum Gasteiger partial charge on any atom is 0.268 e. The summed E-state index contributed by atoms with van der Waals surface area (Å²) in [4.78, 5) is 0.272. The van der Waals surface area contributed by atoms with Gasteiger partial charge in [0.2, 0.25) is 0 Å². The molecule has 5 nitrogen and oxygen atoms in total. The normalized spacial score (nSPS) is 11.8. The van der Waals surface area contributed by atoms with Gasteiger partial charge in [-0.15, -0.1) is 0 Å². The van der Waals surface area contributed by atoms with Crippen molar-refractivity contribution in [1.29, 1.82) is 0 Å². The van der Waals surface area contributed by atoms with Crippen LogP contribution in [-0.4, -0.2) is 19.4 Å². The van der Waals surface area contributed by atoms with E-state index in [9.17, 15) is 12.8 Å². The van der Waals surface area contributed by atoms with Crippen molar-refractivity contribution in [3.8, 4) is 0 Å². The Morgan fingerprint density at radius 3 is 2.38 bits per heavy atom.